The van der Waals surface area contributed by atoms with Gasteiger partial charge >= 0.3 is 5.97 Å². The highest BCUT2D eigenvalue weighted by Gasteiger charge is 2.25. The van der Waals surface area contributed by atoms with Crippen molar-refractivity contribution in [2.24, 2.45) is 7.05 Å². The Bertz CT molecular complexity index is 669. The van der Waals surface area contributed by atoms with E-state index < -0.39 is 12.0 Å². The van der Waals surface area contributed by atoms with Gasteiger partial charge in [0, 0.05) is 19.5 Å². The Balaban J connectivity index is 1.72. The quantitative estimate of drug-likeness (QED) is 0.606. The topological polar surface area (TPSA) is 85.2 Å². The number of rotatable bonds is 2. The zero-order chi connectivity index (χ0) is 14.1. The van der Waals surface area contributed by atoms with Crippen LogP contribution in [0.3, 0.4) is 0 Å². The third-order valence-corrected chi connectivity index (χ3v) is 3.25. The largest absolute Gasteiger partial charge is 0.425 e. The summed E-state index contributed by atoms with van der Waals surface area (Å²) in [7, 11) is 1.90. The molecule has 2 heterocycles. The Hall–Kier alpha value is -2.41. The van der Waals surface area contributed by atoms with Gasteiger partial charge in [0.05, 0.1) is 17.4 Å². The Labute approximate surface area is 114 Å². The molecule has 1 unspecified atom stereocenters. The summed E-state index contributed by atoms with van der Waals surface area (Å²) in [4.78, 5) is 27.2. The van der Waals surface area contributed by atoms with Crippen molar-refractivity contribution in [2.45, 2.75) is 18.9 Å². The van der Waals surface area contributed by atoms with Crippen LogP contribution in [-0.4, -0.2) is 27.5 Å². The summed E-state index contributed by atoms with van der Waals surface area (Å²) in [5.74, 6) is -0.0934. The molecule has 7 nitrogen and oxygen atoms in total. The van der Waals surface area contributed by atoms with E-state index in [1.54, 1.807) is 18.5 Å². The van der Waals surface area contributed by atoms with E-state index in [-0.39, 0.29) is 5.91 Å². The normalized spacial score (nSPS) is 18.9. The molecule has 1 aliphatic rings. The van der Waals surface area contributed by atoms with Crippen molar-refractivity contribution in [3.05, 3.63) is 24.5 Å². The van der Waals surface area contributed by atoms with E-state index in [0.717, 1.165) is 11.0 Å². The van der Waals surface area contributed by atoms with Crippen molar-refractivity contribution >= 4 is 22.9 Å². The van der Waals surface area contributed by atoms with Gasteiger partial charge < -0.3 is 9.30 Å². The predicted molar refractivity (Wildman–Crippen MR) is 70.6 cm³/mol. The fraction of sp³-hybridized carbons (Fsp3) is 0.308. The number of ether oxygens (including phenoxy) is 1. The zero-order valence-electron chi connectivity index (χ0n) is 10.9. The lowest BCUT2D eigenvalue weighted by molar-refractivity contribution is -0.139. The molecule has 2 aromatic rings. The van der Waals surface area contributed by atoms with Crippen LogP contribution in [-0.2, 0) is 16.6 Å². The minimum atomic E-state index is -0.521. The van der Waals surface area contributed by atoms with E-state index in [9.17, 15) is 9.59 Å². The molecule has 0 bridgehead atoms. The maximum atomic E-state index is 12.0. The highest BCUT2D eigenvalue weighted by atomic mass is 16.5. The number of hydrogen-bond acceptors (Lipinski definition) is 5. The molecule has 1 amide bonds. The number of carbonyl (C=O) groups excluding carboxylic acids is 2. The van der Waals surface area contributed by atoms with E-state index in [1.165, 1.54) is 0 Å². The summed E-state index contributed by atoms with van der Waals surface area (Å²) in [6, 6.07) is 4.77. The van der Waals surface area contributed by atoms with Crippen LogP contribution in [0, 0.1) is 0 Å². The number of amides is 1. The fourth-order valence-electron chi connectivity index (χ4n) is 2.12. The number of aromatic nitrogens is 2. The van der Waals surface area contributed by atoms with Gasteiger partial charge in [-0.25, -0.2) is 15.2 Å². The van der Waals surface area contributed by atoms with Gasteiger partial charge in [0.15, 0.2) is 0 Å². The minimum absolute atomic E-state index is 0.121. The average Bonchev–Trinajstić information content (AvgIpc) is 2.81. The number of carbonyl (C=O) groups is 2. The number of nitrogens with zero attached hydrogens (tertiary/aromatic N) is 2. The molecule has 0 aliphatic carbocycles. The number of hydrazine groups is 1. The summed E-state index contributed by atoms with van der Waals surface area (Å²) in [5.41, 5.74) is 6.79. The standard InChI is InChI=1S/C13H14N4O3/c1-17-7-14-10-6-8(2-4-11(10)17)20-13(19)9-3-5-12(18)16-15-9/h2,4,6-7,9,15H,3,5H2,1H3,(H,16,18). The van der Waals surface area contributed by atoms with Gasteiger partial charge in [0.2, 0.25) is 5.91 Å². The van der Waals surface area contributed by atoms with Gasteiger partial charge in [-0.2, -0.15) is 0 Å². The van der Waals surface area contributed by atoms with Gasteiger partial charge in [0.25, 0.3) is 0 Å². The number of nitrogens with one attached hydrogen (secondary N) is 2. The molecule has 104 valence electrons. The summed E-state index contributed by atoms with van der Waals surface area (Å²) in [6.07, 6.45) is 2.44. The monoisotopic (exact) mass is 274 g/mol. The maximum Gasteiger partial charge on any atom is 0.330 e. The number of benzene rings is 1. The molecule has 2 N–H and O–H groups in total. The second-order valence-corrected chi connectivity index (χ2v) is 4.71. The third-order valence-electron chi connectivity index (χ3n) is 3.25. The Morgan fingerprint density at radius 2 is 2.35 bits per heavy atom. The van der Waals surface area contributed by atoms with E-state index >= 15 is 0 Å². The van der Waals surface area contributed by atoms with Crippen molar-refractivity contribution in [2.75, 3.05) is 0 Å². The van der Waals surface area contributed by atoms with E-state index in [0.29, 0.717) is 18.6 Å². The number of hydrogen-bond donors (Lipinski definition) is 2. The molecular formula is C13H14N4O3. The number of fused-ring (bicyclic) bond motifs is 1. The van der Waals surface area contributed by atoms with Gasteiger partial charge in [-0.05, 0) is 18.6 Å². The molecule has 1 saturated heterocycles. The van der Waals surface area contributed by atoms with Gasteiger partial charge in [-0.3, -0.25) is 10.2 Å². The highest BCUT2D eigenvalue weighted by molar-refractivity contribution is 5.84. The summed E-state index contributed by atoms with van der Waals surface area (Å²) < 4.78 is 7.19. The molecule has 1 fully saturated rings. The van der Waals surface area contributed by atoms with Gasteiger partial charge in [0.1, 0.15) is 11.8 Å². The first-order valence-corrected chi connectivity index (χ1v) is 6.30. The Kier molecular flexibility index (Phi) is 3.11. The number of aryl methyl sites for hydroxylation is 1. The predicted octanol–water partition coefficient (Wildman–Crippen LogP) is 0.262. The third kappa shape index (κ3) is 2.35. The smallest absolute Gasteiger partial charge is 0.330 e. The molecule has 0 saturated carbocycles. The first-order valence-electron chi connectivity index (χ1n) is 6.30. The van der Waals surface area contributed by atoms with Crippen LogP contribution in [0.4, 0.5) is 0 Å². The maximum absolute atomic E-state index is 12.0. The van der Waals surface area contributed by atoms with Gasteiger partial charge in [-0.1, -0.05) is 0 Å². The van der Waals surface area contributed by atoms with Crippen LogP contribution in [0.25, 0.3) is 11.0 Å². The highest BCUT2D eigenvalue weighted by Crippen LogP contribution is 2.20. The SMILES string of the molecule is Cn1cnc2cc(OC(=O)C3CCC(=O)NN3)ccc21. The van der Waals surface area contributed by atoms with Crippen LogP contribution in [0.15, 0.2) is 24.5 Å². The van der Waals surface area contributed by atoms with Crippen LogP contribution in [0.5, 0.6) is 5.75 Å². The lowest BCUT2D eigenvalue weighted by atomic mass is 10.1. The average molecular weight is 274 g/mol. The van der Waals surface area contributed by atoms with Crippen LogP contribution in [0.2, 0.25) is 0 Å². The van der Waals surface area contributed by atoms with Crippen LogP contribution >= 0.6 is 0 Å². The molecule has 1 aromatic carbocycles. The van der Waals surface area contributed by atoms with E-state index in [4.69, 9.17) is 4.74 Å². The number of esters is 1. The first-order chi connectivity index (χ1) is 9.63. The van der Waals surface area contributed by atoms with Crippen LogP contribution < -0.4 is 15.6 Å². The van der Waals surface area contributed by atoms with Crippen molar-refractivity contribution in [1.29, 1.82) is 0 Å². The molecule has 3 rings (SSSR count). The molecule has 0 radical (unpaired) electrons. The van der Waals surface area contributed by atoms with Gasteiger partial charge in [-0.15, -0.1) is 0 Å². The molecule has 20 heavy (non-hydrogen) atoms. The van der Waals surface area contributed by atoms with Crippen molar-refractivity contribution in [3.8, 4) is 5.75 Å². The molecule has 1 aromatic heterocycles. The lowest BCUT2D eigenvalue weighted by Gasteiger charge is -2.22. The van der Waals surface area contributed by atoms with E-state index in [1.807, 2.05) is 17.7 Å². The Morgan fingerprint density at radius 3 is 3.10 bits per heavy atom. The fourth-order valence-corrected chi connectivity index (χ4v) is 2.12. The molecule has 1 aliphatic heterocycles. The first kappa shape index (κ1) is 12.6. The van der Waals surface area contributed by atoms with Crippen molar-refractivity contribution < 1.29 is 14.3 Å². The second kappa shape index (κ2) is 4.93. The van der Waals surface area contributed by atoms with Crippen LogP contribution in [0.1, 0.15) is 12.8 Å². The van der Waals surface area contributed by atoms with E-state index in [2.05, 4.69) is 15.8 Å². The summed E-state index contributed by atoms with van der Waals surface area (Å²) in [6.45, 7) is 0. The number of imidazole rings is 1. The second-order valence-electron chi connectivity index (χ2n) is 4.71. The molecule has 0 spiro atoms. The van der Waals surface area contributed by atoms with Crippen molar-refractivity contribution in [3.63, 3.8) is 0 Å². The molecule has 1 atom stereocenters. The molecular weight excluding hydrogens is 260 g/mol. The lowest BCUT2D eigenvalue weighted by Crippen LogP contribution is -2.53. The van der Waals surface area contributed by atoms with Crippen molar-refractivity contribution in [1.82, 2.24) is 20.4 Å². The Morgan fingerprint density at radius 1 is 1.50 bits per heavy atom. The summed E-state index contributed by atoms with van der Waals surface area (Å²) >= 11 is 0. The summed E-state index contributed by atoms with van der Waals surface area (Å²) in [5, 5.41) is 0. The molecule has 7 heteroatoms. The minimum Gasteiger partial charge on any atom is -0.425 e. The zero-order valence-corrected chi connectivity index (χ0v) is 10.9.